The zero-order valence-electron chi connectivity index (χ0n) is 7.64. The third-order valence-electron chi connectivity index (χ3n) is 2.55. The average molecular weight is 216 g/mol. The van der Waals surface area contributed by atoms with Gasteiger partial charge in [-0.2, -0.15) is 0 Å². The monoisotopic (exact) mass is 216 g/mol. The van der Waals surface area contributed by atoms with E-state index in [0.29, 0.717) is 24.3 Å². The molecule has 78 valence electrons. The Labute approximate surface area is 82.2 Å². The Kier molecular flexibility index (Phi) is 2.22. The van der Waals surface area contributed by atoms with Crippen molar-refractivity contribution in [3.63, 3.8) is 0 Å². The third kappa shape index (κ3) is 1.61. The summed E-state index contributed by atoms with van der Waals surface area (Å²) in [4.78, 5) is 0. The van der Waals surface area contributed by atoms with Gasteiger partial charge in [0.15, 0.2) is 15.6 Å². The fourth-order valence-corrected chi connectivity index (χ4v) is 3.55. The highest BCUT2D eigenvalue weighted by Gasteiger charge is 2.32. The highest BCUT2D eigenvalue weighted by Crippen LogP contribution is 2.25. The van der Waals surface area contributed by atoms with Crippen molar-refractivity contribution in [3.05, 3.63) is 12.0 Å². The van der Waals surface area contributed by atoms with Crippen molar-refractivity contribution >= 4 is 15.5 Å². The van der Waals surface area contributed by atoms with E-state index in [9.17, 15) is 8.42 Å². The molecule has 1 aliphatic rings. The lowest BCUT2D eigenvalue weighted by Gasteiger charge is -2.05. The first-order valence-corrected chi connectivity index (χ1v) is 6.22. The summed E-state index contributed by atoms with van der Waals surface area (Å²) < 4.78 is 27.9. The molecule has 1 unspecified atom stereocenters. The van der Waals surface area contributed by atoms with E-state index in [0.717, 1.165) is 6.42 Å². The van der Waals surface area contributed by atoms with E-state index in [1.54, 1.807) is 0 Å². The van der Waals surface area contributed by atoms with Crippen LogP contribution in [0.15, 0.2) is 10.7 Å². The van der Waals surface area contributed by atoms with Gasteiger partial charge in [0.25, 0.3) is 0 Å². The smallest absolute Gasteiger partial charge is 0.160 e. The van der Waals surface area contributed by atoms with Gasteiger partial charge >= 0.3 is 0 Å². The molecule has 1 aromatic rings. The van der Waals surface area contributed by atoms with Gasteiger partial charge in [0.1, 0.15) is 0 Å². The summed E-state index contributed by atoms with van der Waals surface area (Å²) in [7, 11) is -2.92. The van der Waals surface area contributed by atoms with Gasteiger partial charge in [0, 0.05) is 6.42 Å². The van der Waals surface area contributed by atoms with Crippen molar-refractivity contribution in [1.82, 2.24) is 5.16 Å². The van der Waals surface area contributed by atoms with Gasteiger partial charge in [-0.05, 0) is 12.8 Å². The van der Waals surface area contributed by atoms with Crippen molar-refractivity contribution in [1.29, 1.82) is 0 Å². The van der Waals surface area contributed by atoms with E-state index in [-0.39, 0.29) is 11.0 Å². The molecule has 0 radical (unpaired) electrons. The van der Waals surface area contributed by atoms with Gasteiger partial charge in [-0.1, -0.05) is 5.16 Å². The molecule has 0 amide bonds. The predicted octanol–water partition coefficient (Wildman–Crippen LogP) is 0.377. The number of anilines is 1. The number of rotatable bonds is 2. The van der Waals surface area contributed by atoms with Gasteiger partial charge in [0.2, 0.25) is 0 Å². The maximum atomic E-state index is 11.5. The number of nitrogens with zero attached hydrogens (tertiary/aromatic N) is 1. The lowest BCUT2D eigenvalue weighted by molar-refractivity contribution is 0.381. The molecule has 1 saturated heterocycles. The number of nitrogens with two attached hydrogens (primary N) is 1. The van der Waals surface area contributed by atoms with Crippen LogP contribution in [0.3, 0.4) is 0 Å². The molecule has 0 spiro atoms. The maximum absolute atomic E-state index is 11.5. The summed E-state index contributed by atoms with van der Waals surface area (Å²) in [5.74, 6) is 0.770. The number of hydrogen-bond donors (Lipinski definition) is 1. The van der Waals surface area contributed by atoms with E-state index < -0.39 is 9.84 Å². The number of hydrogen-bond acceptors (Lipinski definition) is 5. The lowest BCUT2D eigenvalue weighted by Crippen LogP contribution is -2.18. The molecular weight excluding hydrogens is 204 g/mol. The number of sulfone groups is 1. The highest BCUT2D eigenvalue weighted by molar-refractivity contribution is 7.92. The minimum atomic E-state index is -2.92. The molecule has 1 atom stereocenters. The Morgan fingerprint density at radius 1 is 1.64 bits per heavy atom. The van der Waals surface area contributed by atoms with E-state index in [2.05, 4.69) is 5.16 Å². The Bertz CT molecular complexity index is 424. The second-order valence-electron chi connectivity index (χ2n) is 3.54. The summed E-state index contributed by atoms with van der Waals surface area (Å²) in [6.07, 6.45) is 3.19. The van der Waals surface area contributed by atoms with Gasteiger partial charge in [0.05, 0.1) is 22.9 Å². The van der Waals surface area contributed by atoms with Crippen LogP contribution in [0.2, 0.25) is 0 Å². The largest absolute Gasteiger partial charge is 0.395 e. The minimum absolute atomic E-state index is 0.283. The minimum Gasteiger partial charge on any atom is -0.395 e. The van der Waals surface area contributed by atoms with Crippen LogP contribution in [-0.2, 0) is 16.3 Å². The van der Waals surface area contributed by atoms with Crippen molar-refractivity contribution < 1.29 is 12.9 Å². The SMILES string of the molecule is Nc1cnoc1CC1CCCS1(=O)=O. The second-order valence-corrected chi connectivity index (χ2v) is 5.94. The molecule has 5 nitrogen and oxygen atoms in total. The maximum Gasteiger partial charge on any atom is 0.160 e. The van der Waals surface area contributed by atoms with Gasteiger partial charge in [-0.25, -0.2) is 8.42 Å². The standard InChI is InChI=1S/C8H12N2O3S/c9-7-5-10-13-8(7)4-6-2-1-3-14(6,11)12/h5-6H,1-4,9H2. The van der Waals surface area contributed by atoms with Crippen LogP contribution in [0.25, 0.3) is 0 Å². The Morgan fingerprint density at radius 3 is 2.93 bits per heavy atom. The molecule has 2 N–H and O–H groups in total. The molecule has 0 bridgehead atoms. The summed E-state index contributed by atoms with van der Waals surface area (Å²) >= 11 is 0. The fraction of sp³-hybridized carbons (Fsp3) is 0.625. The van der Waals surface area contributed by atoms with Crippen LogP contribution in [0.4, 0.5) is 5.69 Å². The average Bonchev–Trinajstić information content (AvgIpc) is 2.62. The topological polar surface area (TPSA) is 86.2 Å². The molecule has 2 heterocycles. The van der Waals surface area contributed by atoms with Crippen LogP contribution < -0.4 is 5.73 Å². The molecule has 0 aromatic carbocycles. The first-order chi connectivity index (χ1) is 6.59. The van der Waals surface area contributed by atoms with E-state index in [1.807, 2.05) is 0 Å². The predicted molar refractivity (Wildman–Crippen MR) is 51.4 cm³/mol. The van der Waals surface area contributed by atoms with Crippen LogP contribution in [0.1, 0.15) is 18.6 Å². The summed E-state index contributed by atoms with van der Waals surface area (Å²) in [5, 5.41) is 3.18. The first-order valence-electron chi connectivity index (χ1n) is 4.50. The number of aromatic nitrogens is 1. The van der Waals surface area contributed by atoms with Crippen LogP contribution >= 0.6 is 0 Å². The molecule has 0 aliphatic carbocycles. The van der Waals surface area contributed by atoms with E-state index >= 15 is 0 Å². The lowest BCUT2D eigenvalue weighted by atomic mass is 10.1. The Morgan fingerprint density at radius 2 is 2.43 bits per heavy atom. The molecule has 6 heteroatoms. The van der Waals surface area contributed by atoms with E-state index in [4.69, 9.17) is 10.3 Å². The molecule has 1 aromatic heterocycles. The summed E-state index contributed by atoms with van der Waals surface area (Å²) in [6, 6.07) is 0. The highest BCUT2D eigenvalue weighted by atomic mass is 32.2. The van der Waals surface area contributed by atoms with Crippen LogP contribution in [0, 0.1) is 0 Å². The first kappa shape index (κ1) is 9.51. The van der Waals surface area contributed by atoms with Gasteiger partial charge in [-0.15, -0.1) is 0 Å². The van der Waals surface area contributed by atoms with Crippen molar-refractivity contribution in [2.24, 2.45) is 0 Å². The molecule has 0 saturated carbocycles. The molecule has 1 aliphatic heterocycles. The molecule has 2 rings (SSSR count). The zero-order valence-corrected chi connectivity index (χ0v) is 8.46. The van der Waals surface area contributed by atoms with Crippen LogP contribution in [-0.4, -0.2) is 24.6 Å². The van der Waals surface area contributed by atoms with E-state index in [1.165, 1.54) is 6.20 Å². The Balaban J connectivity index is 2.16. The normalized spacial score (nSPS) is 25.3. The Hall–Kier alpha value is -1.04. The second kappa shape index (κ2) is 3.27. The van der Waals surface area contributed by atoms with Gasteiger partial charge < -0.3 is 10.3 Å². The quantitative estimate of drug-likeness (QED) is 0.772. The van der Waals surface area contributed by atoms with Crippen LogP contribution in [0.5, 0.6) is 0 Å². The van der Waals surface area contributed by atoms with Crippen molar-refractivity contribution in [2.75, 3.05) is 11.5 Å². The summed E-state index contributed by atoms with van der Waals surface area (Å²) in [6.45, 7) is 0. The van der Waals surface area contributed by atoms with Crippen molar-refractivity contribution in [2.45, 2.75) is 24.5 Å². The molecule has 14 heavy (non-hydrogen) atoms. The van der Waals surface area contributed by atoms with Crippen molar-refractivity contribution in [3.8, 4) is 0 Å². The number of nitrogen functional groups attached to an aromatic ring is 1. The van der Waals surface area contributed by atoms with Gasteiger partial charge in [-0.3, -0.25) is 0 Å². The molecular formula is C8H12N2O3S. The molecule has 1 fully saturated rings. The summed E-state index contributed by atoms with van der Waals surface area (Å²) in [5.41, 5.74) is 5.99. The third-order valence-corrected chi connectivity index (χ3v) is 4.83. The zero-order chi connectivity index (χ0) is 10.2. The fourth-order valence-electron chi connectivity index (χ4n) is 1.72.